The second kappa shape index (κ2) is 7.13. The lowest BCUT2D eigenvalue weighted by atomic mass is 9.88. The van der Waals surface area contributed by atoms with Crippen LogP contribution < -0.4 is 5.32 Å². The molecular formula is C16H22F3NO2. The first-order valence-corrected chi connectivity index (χ1v) is 7.07. The number of halogens is 3. The van der Waals surface area contributed by atoms with E-state index in [1.165, 1.54) is 12.1 Å². The molecule has 1 aromatic carbocycles. The van der Waals surface area contributed by atoms with Gasteiger partial charge in [0.15, 0.2) is 0 Å². The van der Waals surface area contributed by atoms with E-state index in [9.17, 15) is 23.1 Å². The molecule has 0 radical (unpaired) electrons. The van der Waals surface area contributed by atoms with Crippen molar-refractivity contribution in [2.45, 2.75) is 45.8 Å². The molecule has 0 aliphatic heterocycles. The van der Waals surface area contributed by atoms with Crippen LogP contribution in [0, 0.1) is 5.41 Å². The average molecular weight is 317 g/mol. The van der Waals surface area contributed by atoms with Gasteiger partial charge < -0.3 is 10.4 Å². The van der Waals surface area contributed by atoms with Crippen LogP contribution in [0.15, 0.2) is 24.3 Å². The van der Waals surface area contributed by atoms with E-state index in [2.05, 4.69) is 5.32 Å². The van der Waals surface area contributed by atoms with E-state index in [-0.39, 0.29) is 30.4 Å². The SMILES string of the molecule is CC(C)(C)CC(CO)NC(=O)Cc1ccc(C(F)(F)F)cc1. The van der Waals surface area contributed by atoms with Gasteiger partial charge in [-0.1, -0.05) is 32.9 Å². The van der Waals surface area contributed by atoms with E-state index in [1.54, 1.807) is 0 Å². The molecule has 0 saturated carbocycles. The molecule has 3 nitrogen and oxygen atoms in total. The number of aliphatic hydroxyl groups excluding tert-OH is 1. The summed E-state index contributed by atoms with van der Waals surface area (Å²) >= 11 is 0. The first-order valence-electron chi connectivity index (χ1n) is 7.07. The van der Waals surface area contributed by atoms with E-state index in [1.807, 2.05) is 20.8 Å². The monoisotopic (exact) mass is 317 g/mol. The summed E-state index contributed by atoms with van der Waals surface area (Å²) < 4.78 is 37.4. The van der Waals surface area contributed by atoms with Crippen LogP contribution in [0.5, 0.6) is 0 Å². The average Bonchev–Trinajstić information content (AvgIpc) is 2.35. The topological polar surface area (TPSA) is 49.3 Å². The van der Waals surface area contributed by atoms with Gasteiger partial charge in [0.05, 0.1) is 24.6 Å². The third-order valence-corrected chi connectivity index (χ3v) is 3.09. The van der Waals surface area contributed by atoms with Gasteiger partial charge in [-0.15, -0.1) is 0 Å². The number of carbonyl (C=O) groups is 1. The fourth-order valence-corrected chi connectivity index (χ4v) is 2.18. The molecule has 0 aliphatic carbocycles. The fraction of sp³-hybridized carbons (Fsp3) is 0.562. The van der Waals surface area contributed by atoms with Gasteiger partial charge in [0.2, 0.25) is 5.91 Å². The Morgan fingerprint density at radius 2 is 1.73 bits per heavy atom. The zero-order chi connectivity index (χ0) is 17.0. The number of carbonyl (C=O) groups excluding carboxylic acids is 1. The summed E-state index contributed by atoms with van der Waals surface area (Å²) in [6.45, 7) is 5.82. The summed E-state index contributed by atoms with van der Waals surface area (Å²) in [5.74, 6) is -0.317. The zero-order valence-electron chi connectivity index (χ0n) is 13.0. The smallest absolute Gasteiger partial charge is 0.394 e. The van der Waals surface area contributed by atoms with E-state index in [0.29, 0.717) is 12.0 Å². The Morgan fingerprint density at radius 3 is 2.14 bits per heavy atom. The van der Waals surface area contributed by atoms with E-state index in [0.717, 1.165) is 12.1 Å². The van der Waals surface area contributed by atoms with Crippen LogP contribution in [-0.4, -0.2) is 23.7 Å². The summed E-state index contributed by atoms with van der Waals surface area (Å²) in [6.07, 6.45) is -3.78. The fourth-order valence-electron chi connectivity index (χ4n) is 2.18. The highest BCUT2D eigenvalue weighted by molar-refractivity contribution is 5.78. The van der Waals surface area contributed by atoms with Gasteiger partial charge in [-0.25, -0.2) is 0 Å². The van der Waals surface area contributed by atoms with Crippen molar-refractivity contribution in [1.29, 1.82) is 0 Å². The minimum absolute atomic E-state index is 0.0151. The zero-order valence-corrected chi connectivity index (χ0v) is 13.0. The van der Waals surface area contributed by atoms with Crippen LogP contribution in [0.4, 0.5) is 13.2 Å². The highest BCUT2D eigenvalue weighted by atomic mass is 19.4. The quantitative estimate of drug-likeness (QED) is 0.876. The van der Waals surface area contributed by atoms with Crippen LogP contribution >= 0.6 is 0 Å². The Bertz CT molecular complexity index is 490. The second-order valence-electron chi connectivity index (χ2n) is 6.58. The molecule has 1 atom stereocenters. The van der Waals surface area contributed by atoms with Crippen molar-refractivity contribution in [3.8, 4) is 0 Å². The van der Waals surface area contributed by atoms with Gasteiger partial charge in [0.25, 0.3) is 0 Å². The molecule has 0 bridgehead atoms. The maximum Gasteiger partial charge on any atom is 0.416 e. The van der Waals surface area contributed by atoms with Crippen molar-refractivity contribution in [3.05, 3.63) is 35.4 Å². The molecule has 1 amide bonds. The number of nitrogens with one attached hydrogen (secondary N) is 1. The third-order valence-electron chi connectivity index (χ3n) is 3.09. The van der Waals surface area contributed by atoms with Crippen LogP contribution in [0.2, 0.25) is 0 Å². The normalized spacial score (nSPS) is 13.8. The van der Waals surface area contributed by atoms with E-state index < -0.39 is 11.7 Å². The Labute approximate surface area is 128 Å². The molecular weight excluding hydrogens is 295 g/mol. The summed E-state index contributed by atoms with van der Waals surface area (Å²) in [5, 5.41) is 12.0. The van der Waals surface area contributed by atoms with Gasteiger partial charge in [0.1, 0.15) is 0 Å². The number of benzene rings is 1. The molecule has 124 valence electrons. The van der Waals surface area contributed by atoms with Gasteiger partial charge in [-0.3, -0.25) is 4.79 Å². The molecule has 2 N–H and O–H groups in total. The van der Waals surface area contributed by atoms with Gasteiger partial charge in [0, 0.05) is 0 Å². The molecule has 6 heteroatoms. The van der Waals surface area contributed by atoms with Gasteiger partial charge in [-0.05, 0) is 29.5 Å². The third kappa shape index (κ3) is 6.47. The Hall–Kier alpha value is -1.56. The predicted octanol–water partition coefficient (Wildman–Crippen LogP) is 3.16. The Kier molecular flexibility index (Phi) is 6.00. The number of hydrogen-bond donors (Lipinski definition) is 2. The molecule has 0 spiro atoms. The highest BCUT2D eigenvalue weighted by Gasteiger charge is 2.30. The van der Waals surface area contributed by atoms with Crippen LogP contribution in [-0.2, 0) is 17.4 Å². The van der Waals surface area contributed by atoms with Gasteiger partial charge in [-0.2, -0.15) is 13.2 Å². The number of rotatable bonds is 5. The number of aliphatic hydroxyl groups is 1. The van der Waals surface area contributed by atoms with Crippen LogP contribution in [0.3, 0.4) is 0 Å². The van der Waals surface area contributed by atoms with Crippen molar-refractivity contribution in [2.24, 2.45) is 5.41 Å². The van der Waals surface area contributed by atoms with Gasteiger partial charge >= 0.3 is 6.18 Å². The molecule has 0 fully saturated rings. The van der Waals surface area contributed by atoms with E-state index in [4.69, 9.17) is 0 Å². The second-order valence-corrected chi connectivity index (χ2v) is 6.58. The Morgan fingerprint density at radius 1 is 1.18 bits per heavy atom. The Balaban J connectivity index is 2.61. The predicted molar refractivity (Wildman–Crippen MR) is 78.2 cm³/mol. The van der Waals surface area contributed by atoms with Crippen molar-refractivity contribution >= 4 is 5.91 Å². The summed E-state index contributed by atoms with van der Waals surface area (Å²) in [4.78, 5) is 11.9. The first-order chi connectivity index (χ1) is 10.0. The molecule has 0 aromatic heterocycles. The van der Waals surface area contributed by atoms with Crippen LogP contribution in [0.1, 0.15) is 38.3 Å². The largest absolute Gasteiger partial charge is 0.416 e. The number of alkyl halides is 3. The molecule has 1 rings (SSSR count). The number of hydrogen-bond acceptors (Lipinski definition) is 2. The minimum Gasteiger partial charge on any atom is -0.394 e. The maximum absolute atomic E-state index is 12.5. The van der Waals surface area contributed by atoms with Crippen LogP contribution in [0.25, 0.3) is 0 Å². The molecule has 1 unspecified atom stereocenters. The van der Waals surface area contributed by atoms with E-state index >= 15 is 0 Å². The first kappa shape index (κ1) is 18.5. The standard InChI is InChI=1S/C16H22F3NO2/c1-15(2,3)9-13(10-21)20-14(22)8-11-4-6-12(7-5-11)16(17,18)19/h4-7,13,21H,8-10H2,1-3H3,(H,20,22). The minimum atomic E-state index is -4.38. The maximum atomic E-state index is 12.5. The summed E-state index contributed by atoms with van der Waals surface area (Å²) in [5.41, 5.74) is -0.287. The molecule has 22 heavy (non-hydrogen) atoms. The lowest BCUT2D eigenvalue weighted by Crippen LogP contribution is -2.40. The molecule has 1 aromatic rings. The van der Waals surface area contributed by atoms with Crippen molar-refractivity contribution in [2.75, 3.05) is 6.61 Å². The molecule has 0 saturated heterocycles. The number of amides is 1. The summed E-state index contributed by atoms with van der Waals surface area (Å²) in [7, 11) is 0. The molecule has 0 heterocycles. The lowest BCUT2D eigenvalue weighted by Gasteiger charge is -2.25. The lowest BCUT2D eigenvalue weighted by molar-refractivity contribution is -0.137. The highest BCUT2D eigenvalue weighted by Crippen LogP contribution is 2.29. The van der Waals surface area contributed by atoms with Crippen molar-refractivity contribution in [3.63, 3.8) is 0 Å². The molecule has 0 aliphatic rings. The van der Waals surface area contributed by atoms with Crippen molar-refractivity contribution in [1.82, 2.24) is 5.32 Å². The summed E-state index contributed by atoms with van der Waals surface area (Å²) in [6, 6.07) is 4.14. The van der Waals surface area contributed by atoms with Crippen molar-refractivity contribution < 1.29 is 23.1 Å².